The predicted octanol–water partition coefficient (Wildman–Crippen LogP) is 1.38. The van der Waals surface area contributed by atoms with Crippen molar-refractivity contribution >= 4 is 41.0 Å². The van der Waals surface area contributed by atoms with Crippen LogP contribution < -0.4 is 0 Å². The molecule has 0 saturated heterocycles. The van der Waals surface area contributed by atoms with Crippen molar-refractivity contribution in [1.82, 2.24) is 4.90 Å². The zero-order valence-corrected chi connectivity index (χ0v) is 11.0. The van der Waals surface area contributed by atoms with Crippen LogP contribution in [0, 0.1) is 0 Å². The summed E-state index contributed by atoms with van der Waals surface area (Å²) in [5.41, 5.74) is 0. The molecule has 0 aromatic heterocycles. The van der Waals surface area contributed by atoms with E-state index in [0.29, 0.717) is 4.90 Å². The van der Waals surface area contributed by atoms with Gasteiger partial charge in [-0.3, -0.25) is 14.5 Å². The molecule has 2 amide bonds. The highest BCUT2D eigenvalue weighted by molar-refractivity contribution is 6.58. The maximum atomic E-state index is 11.6. The van der Waals surface area contributed by atoms with E-state index in [1.807, 2.05) is 0 Å². The van der Waals surface area contributed by atoms with Gasteiger partial charge in [-0.25, -0.2) is 4.79 Å². The highest BCUT2D eigenvalue weighted by Gasteiger charge is 2.42. The van der Waals surface area contributed by atoms with Crippen molar-refractivity contribution < 1.29 is 19.1 Å². The van der Waals surface area contributed by atoms with E-state index < -0.39 is 23.8 Å². The second-order valence-electron chi connectivity index (χ2n) is 3.77. The van der Waals surface area contributed by atoms with Gasteiger partial charge in [0.05, 0.1) is 6.10 Å². The number of carbonyl (C=O) groups is 3. The summed E-state index contributed by atoms with van der Waals surface area (Å²) in [6.07, 6.45) is -0.336. The van der Waals surface area contributed by atoms with Gasteiger partial charge >= 0.3 is 5.97 Å². The molecule has 0 aliphatic carbocycles. The largest absolute Gasteiger partial charge is 0.461 e. The van der Waals surface area contributed by atoms with Crippen molar-refractivity contribution in [3.63, 3.8) is 0 Å². The smallest absolute Gasteiger partial charge is 0.329 e. The average molecular weight is 280 g/mol. The third-order valence-corrected chi connectivity index (χ3v) is 2.88. The summed E-state index contributed by atoms with van der Waals surface area (Å²) in [7, 11) is 0. The molecule has 1 aliphatic rings. The monoisotopic (exact) mass is 279 g/mol. The molecule has 0 fully saturated rings. The quantitative estimate of drug-likeness (QED) is 0.579. The van der Waals surface area contributed by atoms with Crippen LogP contribution in [-0.2, 0) is 19.1 Å². The van der Waals surface area contributed by atoms with Crippen molar-refractivity contribution in [2.45, 2.75) is 32.9 Å². The molecule has 0 radical (unpaired) electrons. The molecule has 0 saturated carbocycles. The zero-order chi connectivity index (χ0) is 13.3. The number of ether oxygens (including phenoxy) is 1. The van der Waals surface area contributed by atoms with Gasteiger partial charge in [-0.1, -0.05) is 23.2 Å². The van der Waals surface area contributed by atoms with Crippen molar-refractivity contribution in [2.24, 2.45) is 0 Å². The molecule has 0 aromatic rings. The lowest BCUT2D eigenvalue weighted by molar-refractivity contribution is -0.159. The van der Waals surface area contributed by atoms with Gasteiger partial charge < -0.3 is 4.74 Å². The molecule has 1 atom stereocenters. The molecular weight excluding hydrogens is 269 g/mol. The van der Waals surface area contributed by atoms with Crippen LogP contribution in [0.4, 0.5) is 0 Å². The van der Waals surface area contributed by atoms with Crippen LogP contribution in [0.15, 0.2) is 10.1 Å². The summed E-state index contributed by atoms with van der Waals surface area (Å²) in [6, 6.07) is -1.05. The Hall–Kier alpha value is -1.07. The number of hydrogen-bond acceptors (Lipinski definition) is 4. The third-order valence-electron chi connectivity index (χ3n) is 2.09. The highest BCUT2D eigenvalue weighted by Crippen LogP contribution is 2.28. The molecule has 0 spiro atoms. The fourth-order valence-electron chi connectivity index (χ4n) is 1.28. The van der Waals surface area contributed by atoms with Crippen LogP contribution >= 0.6 is 23.2 Å². The summed E-state index contributed by atoms with van der Waals surface area (Å²) in [5.74, 6) is -2.25. The van der Waals surface area contributed by atoms with Crippen LogP contribution in [0.2, 0.25) is 0 Å². The summed E-state index contributed by atoms with van der Waals surface area (Å²) < 4.78 is 4.90. The molecule has 94 valence electrons. The lowest BCUT2D eigenvalue weighted by Crippen LogP contribution is -2.45. The number of esters is 1. The molecule has 1 aliphatic heterocycles. The SMILES string of the molecule is CC(C)OC(=O)C(C)N1C(=O)C(Cl)=C(Cl)C1=O. The molecule has 7 heteroatoms. The predicted molar refractivity (Wildman–Crippen MR) is 61.3 cm³/mol. The minimum atomic E-state index is -1.05. The van der Waals surface area contributed by atoms with E-state index in [4.69, 9.17) is 27.9 Å². The second kappa shape index (κ2) is 5.06. The minimum Gasteiger partial charge on any atom is -0.461 e. The Morgan fingerprint density at radius 1 is 1.12 bits per heavy atom. The number of carbonyl (C=O) groups excluding carboxylic acids is 3. The fraction of sp³-hybridized carbons (Fsp3) is 0.500. The average Bonchev–Trinajstić information content (AvgIpc) is 2.42. The Morgan fingerprint density at radius 3 is 1.88 bits per heavy atom. The van der Waals surface area contributed by atoms with Crippen LogP contribution in [-0.4, -0.2) is 34.8 Å². The van der Waals surface area contributed by atoms with Crippen LogP contribution in [0.1, 0.15) is 20.8 Å². The summed E-state index contributed by atoms with van der Waals surface area (Å²) in [5, 5.41) is -0.748. The van der Waals surface area contributed by atoms with Crippen LogP contribution in [0.5, 0.6) is 0 Å². The number of nitrogens with zero attached hydrogens (tertiary/aromatic N) is 1. The van der Waals surface area contributed by atoms with Crippen molar-refractivity contribution in [1.29, 1.82) is 0 Å². The maximum absolute atomic E-state index is 11.6. The molecule has 0 N–H and O–H groups in total. The van der Waals surface area contributed by atoms with E-state index in [1.165, 1.54) is 6.92 Å². The molecule has 17 heavy (non-hydrogen) atoms. The van der Waals surface area contributed by atoms with E-state index in [-0.39, 0.29) is 16.2 Å². The Labute approximate surface area is 108 Å². The Morgan fingerprint density at radius 2 is 1.53 bits per heavy atom. The number of hydrogen-bond donors (Lipinski definition) is 0. The standard InChI is InChI=1S/C10H11Cl2NO4/c1-4(2)17-10(16)5(3)13-8(14)6(11)7(12)9(13)15/h4-5H,1-3H3. The Balaban J connectivity index is 2.86. The van der Waals surface area contributed by atoms with Gasteiger partial charge in [0.2, 0.25) is 0 Å². The van der Waals surface area contributed by atoms with E-state index in [2.05, 4.69) is 0 Å². The van der Waals surface area contributed by atoms with Gasteiger partial charge in [-0.15, -0.1) is 0 Å². The van der Waals surface area contributed by atoms with Crippen molar-refractivity contribution in [3.05, 3.63) is 10.1 Å². The van der Waals surface area contributed by atoms with E-state index in [9.17, 15) is 14.4 Å². The molecule has 1 rings (SSSR count). The molecule has 1 unspecified atom stereocenters. The van der Waals surface area contributed by atoms with Gasteiger partial charge in [-0.05, 0) is 20.8 Å². The number of amides is 2. The van der Waals surface area contributed by atoms with Gasteiger partial charge in [-0.2, -0.15) is 0 Å². The fourth-order valence-corrected chi connectivity index (χ4v) is 1.62. The topological polar surface area (TPSA) is 63.7 Å². The highest BCUT2D eigenvalue weighted by atomic mass is 35.5. The summed E-state index contributed by atoms with van der Waals surface area (Å²) in [4.78, 5) is 35.4. The summed E-state index contributed by atoms with van der Waals surface area (Å²) >= 11 is 11.1. The second-order valence-corrected chi connectivity index (χ2v) is 4.53. The number of halogens is 2. The molecule has 0 bridgehead atoms. The molecule has 5 nitrogen and oxygen atoms in total. The van der Waals surface area contributed by atoms with E-state index in [0.717, 1.165) is 0 Å². The van der Waals surface area contributed by atoms with Gasteiger partial charge in [0, 0.05) is 0 Å². The van der Waals surface area contributed by atoms with Gasteiger partial charge in [0.25, 0.3) is 11.8 Å². The summed E-state index contributed by atoms with van der Waals surface area (Å²) in [6.45, 7) is 4.70. The zero-order valence-electron chi connectivity index (χ0n) is 9.49. The Kier molecular flexibility index (Phi) is 4.16. The first-order chi connectivity index (χ1) is 7.77. The van der Waals surface area contributed by atoms with Gasteiger partial charge in [0.1, 0.15) is 16.1 Å². The third kappa shape index (κ3) is 2.61. The normalized spacial score (nSPS) is 18.1. The lowest BCUT2D eigenvalue weighted by atomic mass is 10.3. The van der Waals surface area contributed by atoms with E-state index in [1.54, 1.807) is 13.8 Å². The van der Waals surface area contributed by atoms with Crippen LogP contribution in [0.3, 0.4) is 0 Å². The number of rotatable bonds is 3. The minimum absolute atomic E-state index is 0.336. The van der Waals surface area contributed by atoms with Crippen LogP contribution in [0.25, 0.3) is 0 Å². The van der Waals surface area contributed by atoms with Crippen molar-refractivity contribution in [3.8, 4) is 0 Å². The first-order valence-electron chi connectivity index (χ1n) is 4.91. The molecule has 1 heterocycles. The first kappa shape index (κ1) is 14.0. The number of imide groups is 1. The molecular formula is C10H11Cl2NO4. The lowest BCUT2D eigenvalue weighted by Gasteiger charge is -2.22. The van der Waals surface area contributed by atoms with Gasteiger partial charge in [0.15, 0.2) is 0 Å². The molecule has 0 aromatic carbocycles. The maximum Gasteiger partial charge on any atom is 0.329 e. The van der Waals surface area contributed by atoms with Crippen molar-refractivity contribution in [2.75, 3.05) is 0 Å². The first-order valence-corrected chi connectivity index (χ1v) is 5.66. The van der Waals surface area contributed by atoms with E-state index >= 15 is 0 Å². The Bertz CT molecular complexity index is 393.